The highest BCUT2D eigenvalue weighted by molar-refractivity contribution is 5.23. The van der Waals surface area contributed by atoms with Gasteiger partial charge in [0, 0.05) is 5.54 Å². The van der Waals surface area contributed by atoms with Crippen LogP contribution < -0.4 is 5.73 Å². The van der Waals surface area contributed by atoms with Crippen molar-refractivity contribution < 1.29 is 0 Å². The first kappa shape index (κ1) is 13.4. The van der Waals surface area contributed by atoms with Crippen LogP contribution >= 0.6 is 0 Å². The maximum Gasteiger partial charge on any atom is 0.0380 e. The summed E-state index contributed by atoms with van der Waals surface area (Å²) < 4.78 is 0. The van der Waals surface area contributed by atoms with Crippen molar-refractivity contribution in [3.63, 3.8) is 0 Å². The summed E-state index contributed by atoms with van der Waals surface area (Å²) in [5, 5.41) is 0. The second-order valence-electron chi connectivity index (χ2n) is 9.58. The molecule has 1 heteroatoms. The van der Waals surface area contributed by atoms with Crippen molar-refractivity contribution >= 4 is 0 Å². The lowest BCUT2D eigenvalue weighted by Crippen LogP contribution is -2.60. The van der Waals surface area contributed by atoms with Crippen molar-refractivity contribution in [3.8, 4) is 0 Å². The zero-order valence-corrected chi connectivity index (χ0v) is 13.5. The Balaban J connectivity index is 1.68. The molecule has 0 spiro atoms. The third kappa shape index (κ3) is 2.00. The van der Waals surface area contributed by atoms with E-state index in [1.54, 1.807) is 0 Å². The van der Waals surface area contributed by atoms with Crippen LogP contribution in [0.1, 0.15) is 65.7 Å². The van der Waals surface area contributed by atoms with Gasteiger partial charge < -0.3 is 5.73 Å². The van der Waals surface area contributed by atoms with Crippen molar-refractivity contribution in [2.45, 2.75) is 71.3 Å². The molecular formula is C19H31N. The topological polar surface area (TPSA) is 26.0 Å². The molecule has 2 N–H and O–H groups in total. The summed E-state index contributed by atoms with van der Waals surface area (Å²) in [5.74, 6) is 4.77. The zero-order chi connectivity index (χ0) is 14.1. The minimum absolute atomic E-state index is 0.00551. The predicted octanol–water partition coefficient (Wildman–Crippen LogP) is 4.52. The molecule has 0 amide bonds. The van der Waals surface area contributed by atoms with Crippen LogP contribution in [0.25, 0.3) is 0 Å². The normalized spacial score (nSPS) is 53.0. The third-order valence-corrected chi connectivity index (χ3v) is 6.90. The van der Waals surface area contributed by atoms with Gasteiger partial charge in [0.1, 0.15) is 0 Å². The summed E-state index contributed by atoms with van der Waals surface area (Å²) in [6.07, 6.45) is 12.4. The Morgan fingerprint density at radius 2 is 1.55 bits per heavy atom. The molecule has 0 aromatic rings. The average Bonchev–Trinajstić information content (AvgIpc) is 2.22. The van der Waals surface area contributed by atoms with Crippen LogP contribution in [0.15, 0.2) is 11.6 Å². The van der Waals surface area contributed by atoms with Crippen LogP contribution in [0.2, 0.25) is 0 Å². The fourth-order valence-corrected chi connectivity index (χ4v) is 7.22. The molecule has 0 aromatic heterocycles. The van der Waals surface area contributed by atoms with Crippen LogP contribution in [0.3, 0.4) is 0 Å². The van der Waals surface area contributed by atoms with Crippen LogP contribution in [-0.2, 0) is 0 Å². The van der Waals surface area contributed by atoms with Gasteiger partial charge in [0.05, 0.1) is 0 Å². The Hall–Kier alpha value is -0.300. The smallest absolute Gasteiger partial charge is 0.0380 e. The van der Waals surface area contributed by atoms with Crippen molar-refractivity contribution in [2.75, 3.05) is 0 Å². The average molecular weight is 273 g/mol. The van der Waals surface area contributed by atoms with Crippen LogP contribution in [0, 0.1) is 35.0 Å². The highest BCUT2D eigenvalue weighted by Crippen LogP contribution is 2.60. The summed E-state index contributed by atoms with van der Waals surface area (Å²) in [6, 6.07) is 0. The monoisotopic (exact) mass is 273 g/mol. The van der Waals surface area contributed by atoms with E-state index in [0.717, 1.165) is 29.6 Å². The van der Waals surface area contributed by atoms with Gasteiger partial charge in [0.25, 0.3) is 0 Å². The van der Waals surface area contributed by atoms with E-state index in [4.69, 9.17) is 5.73 Å². The summed E-state index contributed by atoms with van der Waals surface area (Å²) in [4.78, 5) is 0. The minimum atomic E-state index is -0.00551. The number of rotatable bonds is 1. The Bertz CT molecular complexity index is 419. The van der Waals surface area contributed by atoms with Crippen LogP contribution in [0.5, 0.6) is 0 Å². The molecule has 0 heterocycles. The lowest BCUT2D eigenvalue weighted by Gasteiger charge is -2.60. The molecule has 1 nitrogen and oxygen atoms in total. The van der Waals surface area contributed by atoms with Gasteiger partial charge in [0.2, 0.25) is 0 Å². The summed E-state index contributed by atoms with van der Waals surface area (Å²) in [6.45, 7) is 7.14. The first-order valence-corrected chi connectivity index (χ1v) is 8.82. The van der Waals surface area contributed by atoms with Gasteiger partial charge in [-0.2, -0.15) is 0 Å². The van der Waals surface area contributed by atoms with E-state index >= 15 is 0 Å². The molecule has 0 aromatic carbocycles. The second-order valence-corrected chi connectivity index (χ2v) is 9.58. The van der Waals surface area contributed by atoms with Gasteiger partial charge >= 0.3 is 0 Å². The lowest BCUT2D eigenvalue weighted by atomic mass is 9.46. The molecule has 20 heavy (non-hydrogen) atoms. The van der Waals surface area contributed by atoms with Gasteiger partial charge in [-0.25, -0.2) is 0 Å². The highest BCUT2D eigenvalue weighted by atomic mass is 14.8. The van der Waals surface area contributed by atoms with Crippen molar-refractivity contribution in [2.24, 2.45) is 40.7 Å². The molecule has 4 fully saturated rings. The highest BCUT2D eigenvalue weighted by Gasteiger charge is 2.55. The first-order valence-electron chi connectivity index (χ1n) is 8.82. The molecule has 0 saturated heterocycles. The molecule has 5 aliphatic rings. The Morgan fingerprint density at radius 1 is 1.00 bits per heavy atom. The molecule has 4 bridgehead atoms. The third-order valence-electron chi connectivity index (χ3n) is 6.90. The van der Waals surface area contributed by atoms with Crippen molar-refractivity contribution in [1.82, 2.24) is 0 Å². The van der Waals surface area contributed by atoms with Crippen molar-refractivity contribution in [1.29, 1.82) is 0 Å². The fourth-order valence-electron chi connectivity index (χ4n) is 7.22. The van der Waals surface area contributed by atoms with Gasteiger partial charge in [-0.05, 0) is 86.9 Å². The first-order chi connectivity index (χ1) is 9.35. The van der Waals surface area contributed by atoms with E-state index in [0.29, 0.717) is 5.41 Å². The molecule has 4 saturated carbocycles. The fraction of sp³-hybridized carbons (Fsp3) is 0.895. The number of nitrogens with two attached hydrogens (primary N) is 1. The molecule has 112 valence electrons. The molecular weight excluding hydrogens is 242 g/mol. The predicted molar refractivity (Wildman–Crippen MR) is 84.2 cm³/mol. The molecule has 5 rings (SSSR count). The largest absolute Gasteiger partial charge is 0.322 e. The van der Waals surface area contributed by atoms with E-state index in [1.165, 1.54) is 50.5 Å². The van der Waals surface area contributed by atoms with E-state index in [9.17, 15) is 0 Å². The standard InChI is InChI=1S/C19H31N/c1-12-9-18(2,3)11-19(20,10-12)17-15-5-13-4-14(7-15)8-16(17)6-13/h10,13-17H,4-9,11,20H2,1-3H3. The van der Waals surface area contributed by atoms with E-state index in [1.807, 2.05) is 0 Å². The molecule has 1 atom stereocenters. The maximum absolute atomic E-state index is 7.07. The summed E-state index contributed by atoms with van der Waals surface area (Å²) in [5.41, 5.74) is 9.00. The lowest BCUT2D eigenvalue weighted by molar-refractivity contribution is -0.0688. The number of hydrogen-bond acceptors (Lipinski definition) is 1. The number of allylic oxidation sites excluding steroid dienone is 1. The molecule has 0 aliphatic heterocycles. The van der Waals surface area contributed by atoms with Crippen LogP contribution in [-0.4, -0.2) is 5.54 Å². The molecule has 1 unspecified atom stereocenters. The van der Waals surface area contributed by atoms with E-state index < -0.39 is 0 Å². The van der Waals surface area contributed by atoms with Crippen molar-refractivity contribution in [3.05, 3.63) is 11.6 Å². The summed E-state index contributed by atoms with van der Waals surface area (Å²) >= 11 is 0. The zero-order valence-electron chi connectivity index (χ0n) is 13.5. The maximum atomic E-state index is 7.07. The van der Waals surface area contributed by atoms with E-state index in [-0.39, 0.29) is 5.54 Å². The van der Waals surface area contributed by atoms with E-state index in [2.05, 4.69) is 26.8 Å². The minimum Gasteiger partial charge on any atom is -0.322 e. The quantitative estimate of drug-likeness (QED) is 0.698. The van der Waals surface area contributed by atoms with Gasteiger partial charge in [-0.15, -0.1) is 0 Å². The summed E-state index contributed by atoms with van der Waals surface area (Å²) in [7, 11) is 0. The Labute approximate surface area is 124 Å². The van der Waals surface area contributed by atoms with Gasteiger partial charge in [-0.1, -0.05) is 25.5 Å². The molecule has 0 radical (unpaired) electrons. The Morgan fingerprint density at radius 3 is 2.05 bits per heavy atom. The van der Waals surface area contributed by atoms with Gasteiger partial charge in [-0.3, -0.25) is 0 Å². The SMILES string of the molecule is CC1=CC(N)(C2C3CC4CC(C3)CC2C4)CC(C)(C)C1. The van der Waals surface area contributed by atoms with Crippen LogP contribution in [0.4, 0.5) is 0 Å². The molecule has 5 aliphatic carbocycles. The van der Waals surface area contributed by atoms with Gasteiger partial charge in [0.15, 0.2) is 0 Å². The number of hydrogen-bond donors (Lipinski definition) is 1. The second kappa shape index (κ2) is 4.12. The Kier molecular flexibility index (Phi) is 2.76.